The summed E-state index contributed by atoms with van der Waals surface area (Å²) >= 11 is 0. The maximum atomic E-state index is 6.43. The van der Waals surface area contributed by atoms with Gasteiger partial charge in [0.25, 0.3) is 5.41 Å². The Morgan fingerprint density at radius 1 is 0.724 bits per heavy atom. The second-order valence-electron chi connectivity index (χ2n) is 7.09. The molecule has 1 atom stereocenters. The lowest BCUT2D eigenvalue weighted by Gasteiger charge is -2.47. The highest BCUT2D eigenvalue weighted by Gasteiger charge is 2.68. The van der Waals surface area contributed by atoms with Crippen LogP contribution in [0.4, 0.5) is 0 Å². The first-order valence-electron chi connectivity index (χ1n) is 11.2. The lowest BCUT2D eigenvalue weighted by Crippen LogP contribution is -2.72. The molecule has 7 nitrogen and oxygen atoms in total. The Bertz CT molecular complexity index is 359. The van der Waals surface area contributed by atoms with Crippen molar-refractivity contribution in [2.24, 2.45) is 0 Å². The van der Waals surface area contributed by atoms with E-state index >= 15 is 0 Å². The van der Waals surface area contributed by atoms with Crippen molar-refractivity contribution in [3.63, 3.8) is 0 Å². The second-order valence-corrected chi connectivity index (χ2v) is 10.0. The number of ether oxygens (including phenoxy) is 4. The largest absolute Gasteiger partial charge is 0.567 e. The normalized spacial score (nSPS) is 13.8. The molecule has 0 saturated heterocycles. The van der Waals surface area contributed by atoms with E-state index in [0.29, 0.717) is 19.8 Å². The molecule has 29 heavy (non-hydrogen) atoms. The van der Waals surface area contributed by atoms with Crippen molar-refractivity contribution in [1.29, 1.82) is 0 Å². The molecule has 8 heteroatoms. The number of unbranched alkanes of at least 4 members (excludes halogenated alkanes) is 3. The molecule has 0 amide bonds. The lowest BCUT2D eigenvalue weighted by atomic mass is 10.1. The van der Waals surface area contributed by atoms with E-state index in [1.165, 1.54) is 12.8 Å². The van der Waals surface area contributed by atoms with Gasteiger partial charge < -0.3 is 32.2 Å². The van der Waals surface area contributed by atoms with Crippen molar-refractivity contribution in [2.75, 3.05) is 47.9 Å². The zero-order valence-corrected chi connectivity index (χ0v) is 20.9. The van der Waals surface area contributed by atoms with Crippen LogP contribution in [0, 0.1) is 0 Å². The molecule has 176 valence electrons. The van der Waals surface area contributed by atoms with Gasteiger partial charge in [-0.25, -0.2) is 0 Å². The van der Waals surface area contributed by atoms with Gasteiger partial charge in [-0.3, -0.25) is 0 Å². The molecule has 0 fully saturated rings. The molecule has 0 rings (SSSR count). The molecule has 0 aromatic rings. The maximum absolute atomic E-state index is 6.43. The van der Waals surface area contributed by atoms with Crippen molar-refractivity contribution < 1.29 is 32.2 Å². The third-order valence-corrected chi connectivity index (χ3v) is 7.68. The molecule has 0 aliphatic heterocycles. The number of methoxy groups -OCH3 is 1. The van der Waals surface area contributed by atoms with Crippen LogP contribution < -0.4 is 0 Å². The van der Waals surface area contributed by atoms with Gasteiger partial charge in [0, 0.05) is 41.2 Å². The molecular formula is C21H46O7Si. The first kappa shape index (κ1) is 28.9. The van der Waals surface area contributed by atoms with Gasteiger partial charge in [-0.2, -0.15) is 0 Å². The SMILES string of the molecule is CCCCCCC(OCCC)C(OCCC)(OCCC)[Si](OC)(OC)OCOC. The van der Waals surface area contributed by atoms with E-state index in [-0.39, 0.29) is 12.9 Å². The van der Waals surface area contributed by atoms with Crippen LogP contribution in [0.3, 0.4) is 0 Å². The minimum absolute atomic E-state index is 0.0248. The van der Waals surface area contributed by atoms with E-state index in [2.05, 4.69) is 27.7 Å². The highest BCUT2D eigenvalue weighted by atomic mass is 28.4. The van der Waals surface area contributed by atoms with E-state index in [0.717, 1.165) is 38.5 Å². The molecular weight excluding hydrogens is 392 g/mol. The fourth-order valence-corrected chi connectivity index (χ4v) is 5.86. The smallest absolute Gasteiger partial charge is 0.374 e. The monoisotopic (exact) mass is 438 g/mol. The van der Waals surface area contributed by atoms with Crippen LogP contribution in [0.5, 0.6) is 0 Å². The summed E-state index contributed by atoms with van der Waals surface area (Å²) in [6.07, 6.45) is 7.49. The fraction of sp³-hybridized carbons (Fsp3) is 1.00. The van der Waals surface area contributed by atoms with Crippen LogP contribution in [-0.2, 0) is 32.2 Å². The predicted molar refractivity (Wildman–Crippen MR) is 117 cm³/mol. The minimum atomic E-state index is -3.49. The maximum Gasteiger partial charge on any atom is 0.567 e. The van der Waals surface area contributed by atoms with Gasteiger partial charge in [-0.15, -0.1) is 0 Å². The Balaban J connectivity index is 6.12. The number of hydrogen-bond donors (Lipinski definition) is 0. The summed E-state index contributed by atoms with van der Waals surface area (Å²) in [6, 6.07) is 0. The molecule has 0 spiro atoms. The zero-order chi connectivity index (χ0) is 22.0. The Morgan fingerprint density at radius 2 is 1.31 bits per heavy atom. The molecule has 0 radical (unpaired) electrons. The Hall–Kier alpha value is -0.0631. The van der Waals surface area contributed by atoms with Gasteiger partial charge in [-0.05, 0) is 25.7 Å². The van der Waals surface area contributed by atoms with Crippen LogP contribution in [0.25, 0.3) is 0 Å². The van der Waals surface area contributed by atoms with Crippen LogP contribution in [0.2, 0.25) is 0 Å². The summed E-state index contributed by atoms with van der Waals surface area (Å²) in [6.45, 7) is 10.0. The van der Waals surface area contributed by atoms with Crippen LogP contribution in [-0.4, -0.2) is 68.3 Å². The van der Waals surface area contributed by atoms with Gasteiger partial charge in [0.05, 0.1) is 0 Å². The quantitative estimate of drug-likeness (QED) is 0.146. The lowest BCUT2D eigenvalue weighted by molar-refractivity contribution is -0.278. The standard InChI is InChI=1S/C21H46O7Si/c1-8-12-13-14-15-20(25-16-9-2)21(26-17-10-3,27-18-11-4)29(23-6,24-7)28-19-22-5/h20H,8-19H2,1-7H3. The first-order valence-corrected chi connectivity index (χ1v) is 12.9. The Labute approximate surface area is 180 Å². The van der Waals surface area contributed by atoms with Crippen LogP contribution in [0.1, 0.15) is 79.1 Å². The average molecular weight is 439 g/mol. The average Bonchev–Trinajstić information content (AvgIpc) is 2.75. The highest BCUT2D eigenvalue weighted by molar-refractivity contribution is 6.63. The summed E-state index contributed by atoms with van der Waals surface area (Å²) in [7, 11) is 1.24. The molecule has 0 aromatic heterocycles. The molecule has 0 N–H and O–H groups in total. The van der Waals surface area contributed by atoms with Crippen molar-refractivity contribution in [3.8, 4) is 0 Å². The van der Waals surface area contributed by atoms with E-state index in [4.69, 9.17) is 32.2 Å². The molecule has 0 aromatic carbocycles. The van der Waals surface area contributed by atoms with E-state index in [1.54, 1.807) is 21.3 Å². The third-order valence-electron chi connectivity index (χ3n) is 4.64. The third kappa shape index (κ3) is 8.91. The van der Waals surface area contributed by atoms with Crippen molar-refractivity contribution >= 4 is 8.80 Å². The highest BCUT2D eigenvalue weighted by Crippen LogP contribution is 2.37. The molecule has 0 aliphatic rings. The van der Waals surface area contributed by atoms with Crippen LogP contribution in [0.15, 0.2) is 0 Å². The predicted octanol–water partition coefficient (Wildman–Crippen LogP) is 4.69. The summed E-state index contributed by atoms with van der Waals surface area (Å²) in [5.41, 5.74) is -1.25. The van der Waals surface area contributed by atoms with Gasteiger partial charge in [0.2, 0.25) is 0 Å². The Morgan fingerprint density at radius 3 is 1.76 bits per heavy atom. The summed E-state index contributed by atoms with van der Waals surface area (Å²) < 4.78 is 42.3. The molecule has 0 saturated carbocycles. The summed E-state index contributed by atoms with van der Waals surface area (Å²) in [4.78, 5) is 0. The van der Waals surface area contributed by atoms with Gasteiger partial charge >= 0.3 is 8.80 Å². The minimum Gasteiger partial charge on any atom is -0.374 e. The molecule has 0 aliphatic carbocycles. The molecule has 0 bridgehead atoms. The fourth-order valence-electron chi connectivity index (χ4n) is 3.23. The zero-order valence-electron chi connectivity index (χ0n) is 19.9. The van der Waals surface area contributed by atoms with Gasteiger partial charge in [0.1, 0.15) is 12.9 Å². The second kappa shape index (κ2) is 17.6. The van der Waals surface area contributed by atoms with Crippen molar-refractivity contribution in [1.82, 2.24) is 0 Å². The van der Waals surface area contributed by atoms with Gasteiger partial charge in [-0.1, -0.05) is 53.4 Å². The van der Waals surface area contributed by atoms with Crippen molar-refractivity contribution in [2.45, 2.75) is 90.6 Å². The first-order chi connectivity index (χ1) is 14.1. The molecule has 1 unspecified atom stereocenters. The number of hydrogen-bond acceptors (Lipinski definition) is 7. The van der Waals surface area contributed by atoms with Crippen LogP contribution >= 0.6 is 0 Å². The number of rotatable bonds is 21. The van der Waals surface area contributed by atoms with Gasteiger partial charge in [0.15, 0.2) is 0 Å². The van der Waals surface area contributed by atoms with E-state index < -0.39 is 14.2 Å². The topological polar surface area (TPSA) is 64.6 Å². The Kier molecular flexibility index (Phi) is 17.6. The summed E-state index contributed by atoms with van der Waals surface area (Å²) in [5.74, 6) is 0. The van der Waals surface area contributed by atoms with E-state index in [1.807, 2.05) is 0 Å². The molecule has 0 heterocycles. The summed E-state index contributed by atoms with van der Waals surface area (Å²) in [5, 5.41) is 0. The van der Waals surface area contributed by atoms with E-state index in [9.17, 15) is 0 Å². The van der Waals surface area contributed by atoms with Crippen molar-refractivity contribution in [3.05, 3.63) is 0 Å².